The average Bonchev–Trinajstić information content (AvgIpc) is 2.53. The second kappa shape index (κ2) is 6.49. The highest BCUT2D eigenvalue weighted by molar-refractivity contribution is 5.95. The Labute approximate surface area is 115 Å². The Morgan fingerprint density at radius 2 is 1.55 bits per heavy atom. The minimum atomic E-state index is -0.630. The first-order valence-corrected chi connectivity index (χ1v) is 5.96. The molecule has 5 heteroatoms. The van der Waals surface area contributed by atoms with Crippen molar-refractivity contribution in [3.05, 3.63) is 71.3 Å². The number of nitrogens with one attached hydrogen (secondary N) is 1. The number of hydrogen-bond donors (Lipinski definition) is 2. The Bertz CT molecular complexity index is 593. The molecule has 0 bridgehead atoms. The van der Waals surface area contributed by atoms with Crippen LogP contribution < -0.4 is 5.48 Å². The van der Waals surface area contributed by atoms with E-state index in [1.165, 1.54) is 29.7 Å². The smallest absolute Gasteiger partial charge is 0.338 e. The van der Waals surface area contributed by atoms with E-state index in [-0.39, 0.29) is 12.2 Å². The molecule has 0 atom stereocenters. The lowest BCUT2D eigenvalue weighted by Gasteiger charge is -2.05. The van der Waals surface area contributed by atoms with Gasteiger partial charge in [0.05, 0.1) is 5.56 Å². The maximum absolute atomic E-state index is 11.8. The molecule has 2 rings (SSSR count). The molecule has 0 spiro atoms. The van der Waals surface area contributed by atoms with Crippen LogP contribution in [0.3, 0.4) is 0 Å². The van der Waals surface area contributed by atoms with E-state index in [0.29, 0.717) is 5.56 Å². The van der Waals surface area contributed by atoms with Gasteiger partial charge in [-0.15, -0.1) is 0 Å². The van der Waals surface area contributed by atoms with Gasteiger partial charge in [0.2, 0.25) is 0 Å². The first kappa shape index (κ1) is 13.8. The summed E-state index contributed by atoms with van der Waals surface area (Å²) in [5.41, 5.74) is 3.02. The van der Waals surface area contributed by atoms with E-state index in [2.05, 4.69) is 0 Å². The number of amides is 1. The standard InChI is InChI=1S/C15H13NO4/c17-14(16-19)12-6-8-13(9-7-12)15(18)20-10-11-4-2-1-3-5-11/h1-9,19H,10H2,(H,16,17). The van der Waals surface area contributed by atoms with E-state index < -0.39 is 11.9 Å². The summed E-state index contributed by atoms with van der Waals surface area (Å²) in [5.74, 6) is -1.10. The molecule has 0 saturated heterocycles. The summed E-state index contributed by atoms with van der Waals surface area (Å²) in [5, 5.41) is 8.49. The van der Waals surface area contributed by atoms with Gasteiger partial charge in [-0.05, 0) is 29.8 Å². The highest BCUT2D eigenvalue weighted by Gasteiger charge is 2.09. The minimum Gasteiger partial charge on any atom is -0.457 e. The van der Waals surface area contributed by atoms with Gasteiger partial charge in [-0.25, -0.2) is 10.3 Å². The molecule has 2 aromatic carbocycles. The predicted molar refractivity (Wildman–Crippen MR) is 71.3 cm³/mol. The zero-order valence-corrected chi connectivity index (χ0v) is 10.6. The predicted octanol–water partition coefficient (Wildman–Crippen LogP) is 2.16. The molecule has 102 valence electrons. The van der Waals surface area contributed by atoms with E-state index >= 15 is 0 Å². The van der Waals surface area contributed by atoms with Crippen molar-refractivity contribution >= 4 is 11.9 Å². The van der Waals surface area contributed by atoms with Gasteiger partial charge in [0.25, 0.3) is 5.91 Å². The minimum absolute atomic E-state index is 0.193. The molecule has 2 N–H and O–H groups in total. The molecule has 0 aromatic heterocycles. The largest absolute Gasteiger partial charge is 0.457 e. The van der Waals surface area contributed by atoms with Crippen molar-refractivity contribution < 1.29 is 19.5 Å². The van der Waals surface area contributed by atoms with E-state index in [1.54, 1.807) is 0 Å². The number of carbonyl (C=O) groups is 2. The molecule has 20 heavy (non-hydrogen) atoms. The van der Waals surface area contributed by atoms with Crippen molar-refractivity contribution in [2.24, 2.45) is 0 Å². The molecular formula is C15H13NO4. The number of ether oxygens (including phenoxy) is 1. The molecule has 0 aliphatic heterocycles. The Morgan fingerprint density at radius 3 is 2.15 bits per heavy atom. The number of carbonyl (C=O) groups excluding carboxylic acids is 2. The van der Waals surface area contributed by atoms with Crippen LogP contribution in [0.25, 0.3) is 0 Å². The van der Waals surface area contributed by atoms with Crippen LogP contribution in [0.2, 0.25) is 0 Å². The van der Waals surface area contributed by atoms with Crippen molar-refractivity contribution in [3.63, 3.8) is 0 Å². The normalized spacial score (nSPS) is 9.85. The van der Waals surface area contributed by atoms with E-state index in [1.807, 2.05) is 30.3 Å². The first-order chi connectivity index (χ1) is 9.70. The summed E-state index contributed by atoms with van der Waals surface area (Å²) < 4.78 is 5.15. The van der Waals surface area contributed by atoms with Crippen LogP contribution >= 0.6 is 0 Å². The lowest BCUT2D eigenvalue weighted by Crippen LogP contribution is -2.18. The molecule has 1 amide bonds. The number of hydroxylamine groups is 1. The third-order valence-corrected chi connectivity index (χ3v) is 2.70. The Balaban J connectivity index is 1.97. The summed E-state index contributed by atoms with van der Waals surface area (Å²) in [6, 6.07) is 15.2. The monoisotopic (exact) mass is 271 g/mol. The Hall–Kier alpha value is -2.66. The number of benzene rings is 2. The van der Waals surface area contributed by atoms with Gasteiger partial charge in [0.1, 0.15) is 6.61 Å². The fourth-order valence-electron chi connectivity index (χ4n) is 1.63. The van der Waals surface area contributed by atoms with Crippen molar-refractivity contribution in [2.75, 3.05) is 0 Å². The van der Waals surface area contributed by atoms with Crippen LogP contribution in [0.15, 0.2) is 54.6 Å². The molecule has 0 saturated carbocycles. The Morgan fingerprint density at radius 1 is 0.950 bits per heavy atom. The van der Waals surface area contributed by atoms with Gasteiger partial charge in [-0.1, -0.05) is 30.3 Å². The van der Waals surface area contributed by atoms with Gasteiger partial charge in [-0.3, -0.25) is 10.0 Å². The topological polar surface area (TPSA) is 75.6 Å². The van der Waals surface area contributed by atoms with Crippen LogP contribution in [0.1, 0.15) is 26.3 Å². The fourth-order valence-corrected chi connectivity index (χ4v) is 1.63. The first-order valence-electron chi connectivity index (χ1n) is 5.96. The number of esters is 1. The molecule has 0 heterocycles. The summed E-state index contributed by atoms with van der Waals surface area (Å²) in [6.45, 7) is 0.193. The molecule has 2 aromatic rings. The number of rotatable bonds is 4. The molecule has 0 unspecified atom stereocenters. The third-order valence-electron chi connectivity index (χ3n) is 2.70. The van der Waals surface area contributed by atoms with Crippen LogP contribution in [-0.4, -0.2) is 17.1 Å². The summed E-state index contributed by atoms with van der Waals surface area (Å²) >= 11 is 0. The van der Waals surface area contributed by atoms with Crippen molar-refractivity contribution in [3.8, 4) is 0 Å². The van der Waals surface area contributed by atoms with Gasteiger partial charge >= 0.3 is 5.97 Å². The highest BCUT2D eigenvalue weighted by Crippen LogP contribution is 2.08. The van der Waals surface area contributed by atoms with Gasteiger partial charge in [0, 0.05) is 5.56 Å². The van der Waals surface area contributed by atoms with Crippen molar-refractivity contribution in [2.45, 2.75) is 6.61 Å². The number of hydrogen-bond acceptors (Lipinski definition) is 4. The lowest BCUT2D eigenvalue weighted by molar-refractivity contribution is 0.0472. The maximum atomic E-state index is 11.8. The molecule has 0 aliphatic rings. The molecule has 0 radical (unpaired) electrons. The van der Waals surface area contributed by atoms with Crippen LogP contribution in [0, 0.1) is 0 Å². The van der Waals surface area contributed by atoms with Gasteiger partial charge in [-0.2, -0.15) is 0 Å². The van der Waals surface area contributed by atoms with Crippen LogP contribution in [0.5, 0.6) is 0 Å². The van der Waals surface area contributed by atoms with Gasteiger partial charge < -0.3 is 4.74 Å². The summed E-state index contributed by atoms with van der Waals surface area (Å²) in [4.78, 5) is 22.9. The molecule has 0 fully saturated rings. The van der Waals surface area contributed by atoms with E-state index in [9.17, 15) is 9.59 Å². The van der Waals surface area contributed by atoms with E-state index in [4.69, 9.17) is 9.94 Å². The molecular weight excluding hydrogens is 258 g/mol. The van der Waals surface area contributed by atoms with Crippen LogP contribution in [-0.2, 0) is 11.3 Å². The fraction of sp³-hybridized carbons (Fsp3) is 0.0667. The van der Waals surface area contributed by atoms with Crippen molar-refractivity contribution in [1.29, 1.82) is 0 Å². The lowest BCUT2D eigenvalue weighted by atomic mass is 10.1. The second-order valence-electron chi connectivity index (χ2n) is 4.08. The zero-order valence-electron chi connectivity index (χ0n) is 10.6. The van der Waals surface area contributed by atoms with E-state index in [0.717, 1.165) is 5.56 Å². The average molecular weight is 271 g/mol. The van der Waals surface area contributed by atoms with Crippen molar-refractivity contribution in [1.82, 2.24) is 5.48 Å². The second-order valence-corrected chi connectivity index (χ2v) is 4.08. The van der Waals surface area contributed by atoms with Gasteiger partial charge in [0.15, 0.2) is 0 Å². The quantitative estimate of drug-likeness (QED) is 0.507. The SMILES string of the molecule is O=C(NO)c1ccc(C(=O)OCc2ccccc2)cc1. The summed E-state index contributed by atoms with van der Waals surface area (Å²) in [7, 11) is 0. The maximum Gasteiger partial charge on any atom is 0.338 e. The molecule has 0 aliphatic carbocycles. The van der Waals surface area contributed by atoms with Crippen LogP contribution in [0.4, 0.5) is 0 Å². The third kappa shape index (κ3) is 3.43. The zero-order chi connectivity index (χ0) is 14.4. The Kier molecular flexibility index (Phi) is 4.47. The molecule has 5 nitrogen and oxygen atoms in total. The summed E-state index contributed by atoms with van der Waals surface area (Å²) in [6.07, 6.45) is 0. The highest BCUT2D eigenvalue weighted by atomic mass is 16.5.